The van der Waals surface area contributed by atoms with Crippen molar-refractivity contribution in [1.29, 1.82) is 0 Å². The summed E-state index contributed by atoms with van der Waals surface area (Å²) in [6, 6.07) is 11.5. The second kappa shape index (κ2) is 3.38. The summed E-state index contributed by atoms with van der Waals surface area (Å²) < 4.78 is 5.34. The lowest BCUT2D eigenvalue weighted by Crippen LogP contribution is -1.88. The van der Waals surface area contributed by atoms with Crippen LogP contribution in [0, 0.1) is 0 Å². The molecule has 0 aliphatic rings. The number of rotatable bonds is 1. The number of hydrogen-bond acceptors (Lipinski definition) is 3. The molecule has 3 heteroatoms. The second-order valence-electron chi connectivity index (χ2n) is 3.61. The van der Waals surface area contributed by atoms with Crippen molar-refractivity contribution in [2.24, 2.45) is 0 Å². The van der Waals surface area contributed by atoms with Gasteiger partial charge < -0.3 is 10.2 Å². The van der Waals surface area contributed by atoms with Crippen LogP contribution in [0.2, 0.25) is 0 Å². The van der Waals surface area contributed by atoms with E-state index in [1.807, 2.05) is 30.3 Å². The van der Waals surface area contributed by atoms with E-state index < -0.39 is 0 Å². The summed E-state index contributed by atoms with van der Waals surface area (Å²) >= 11 is 0. The highest BCUT2D eigenvalue weighted by molar-refractivity contribution is 5.92. The first-order valence-electron chi connectivity index (χ1n) is 5.03. The fourth-order valence-electron chi connectivity index (χ4n) is 1.77. The van der Waals surface area contributed by atoms with Crippen LogP contribution in [0.1, 0.15) is 0 Å². The lowest BCUT2D eigenvalue weighted by atomic mass is 10.1. The van der Waals surface area contributed by atoms with Gasteiger partial charge in [0.2, 0.25) is 0 Å². The van der Waals surface area contributed by atoms with E-state index in [1.54, 1.807) is 18.5 Å². The van der Waals surface area contributed by atoms with Crippen LogP contribution in [0.5, 0.6) is 0 Å². The first-order valence-corrected chi connectivity index (χ1v) is 5.03. The molecule has 3 aromatic rings. The first-order chi connectivity index (χ1) is 7.84. The fraction of sp³-hybridized carbons (Fsp3) is 0. The van der Waals surface area contributed by atoms with E-state index >= 15 is 0 Å². The van der Waals surface area contributed by atoms with Crippen LogP contribution >= 0.6 is 0 Å². The van der Waals surface area contributed by atoms with Crippen molar-refractivity contribution < 1.29 is 4.42 Å². The van der Waals surface area contributed by atoms with E-state index in [4.69, 9.17) is 10.2 Å². The van der Waals surface area contributed by atoms with Crippen molar-refractivity contribution in [2.75, 3.05) is 5.73 Å². The number of benzene rings is 1. The Morgan fingerprint density at radius 1 is 1.12 bits per heavy atom. The Hall–Kier alpha value is -2.29. The minimum atomic E-state index is 0.746. The largest absolute Gasteiger partial charge is 0.464 e. The van der Waals surface area contributed by atoms with Gasteiger partial charge in [-0.25, -0.2) is 0 Å². The molecule has 0 aliphatic carbocycles. The topological polar surface area (TPSA) is 52.0 Å². The Balaban J connectivity index is 2.24. The molecule has 2 aromatic heterocycles. The molecule has 0 fully saturated rings. The number of anilines is 1. The van der Waals surface area contributed by atoms with E-state index in [1.165, 1.54) is 0 Å². The normalized spacial score (nSPS) is 10.8. The molecule has 3 nitrogen and oxygen atoms in total. The lowest BCUT2D eigenvalue weighted by Gasteiger charge is -2.02. The van der Waals surface area contributed by atoms with Crippen LogP contribution < -0.4 is 5.73 Å². The average Bonchev–Trinajstić information content (AvgIpc) is 2.82. The molecule has 2 N–H and O–H groups in total. The minimum absolute atomic E-state index is 0.746. The predicted octanol–water partition coefficient (Wildman–Crippen LogP) is 3.08. The van der Waals surface area contributed by atoms with Crippen molar-refractivity contribution in [3.8, 4) is 11.3 Å². The van der Waals surface area contributed by atoms with Gasteiger partial charge in [0, 0.05) is 22.8 Å². The summed E-state index contributed by atoms with van der Waals surface area (Å²) in [7, 11) is 0. The van der Waals surface area contributed by atoms with Gasteiger partial charge in [0.05, 0.1) is 11.8 Å². The van der Waals surface area contributed by atoms with Crippen molar-refractivity contribution in [1.82, 2.24) is 4.98 Å². The smallest absolute Gasteiger partial charge is 0.133 e. The molecule has 0 aliphatic heterocycles. The van der Waals surface area contributed by atoms with E-state index in [0.29, 0.717) is 0 Å². The summed E-state index contributed by atoms with van der Waals surface area (Å²) in [5.74, 6) is 0.839. The molecular formula is C13H10N2O. The molecule has 3 rings (SSSR count). The molecule has 1 aromatic carbocycles. The van der Waals surface area contributed by atoms with Gasteiger partial charge in [-0.3, -0.25) is 4.98 Å². The van der Waals surface area contributed by atoms with Gasteiger partial charge in [0.1, 0.15) is 5.76 Å². The molecule has 0 atom stereocenters. The summed E-state index contributed by atoms with van der Waals surface area (Å²) in [6.07, 6.45) is 3.37. The Kier molecular flexibility index (Phi) is 1.90. The van der Waals surface area contributed by atoms with Crippen LogP contribution in [0.3, 0.4) is 0 Å². The minimum Gasteiger partial charge on any atom is -0.464 e. The molecular weight excluding hydrogens is 200 g/mol. The maximum atomic E-state index is 5.86. The maximum Gasteiger partial charge on any atom is 0.133 e. The predicted molar refractivity (Wildman–Crippen MR) is 63.9 cm³/mol. The number of fused-ring (bicyclic) bond motifs is 1. The van der Waals surface area contributed by atoms with E-state index in [9.17, 15) is 0 Å². The molecule has 0 spiro atoms. The number of furan rings is 1. The van der Waals surface area contributed by atoms with Crippen LogP contribution in [0.25, 0.3) is 22.2 Å². The van der Waals surface area contributed by atoms with Gasteiger partial charge >= 0.3 is 0 Å². The molecule has 0 saturated carbocycles. The zero-order valence-corrected chi connectivity index (χ0v) is 8.55. The van der Waals surface area contributed by atoms with Gasteiger partial charge in [-0.1, -0.05) is 12.1 Å². The van der Waals surface area contributed by atoms with E-state index in [-0.39, 0.29) is 0 Å². The molecule has 0 amide bonds. The fourth-order valence-corrected chi connectivity index (χ4v) is 1.77. The summed E-state index contributed by atoms with van der Waals surface area (Å²) in [5.41, 5.74) is 8.50. The van der Waals surface area contributed by atoms with Gasteiger partial charge in [0.25, 0.3) is 0 Å². The zero-order chi connectivity index (χ0) is 11.0. The number of nitrogens with two attached hydrogens (primary N) is 1. The molecule has 0 radical (unpaired) electrons. The second-order valence-corrected chi connectivity index (χ2v) is 3.61. The zero-order valence-electron chi connectivity index (χ0n) is 8.55. The van der Waals surface area contributed by atoms with Crippen LogP contribution in [0.4, 0.5) is 5.69 Å². The summed E-state index contributed by atoms with van der Waals surface area (Å²) in [6.45, 7) is 0. The maximum absolute atomic E-state index is 5.86. The third kappa shape index (κ3) is 1.34. The molecule has 16 heavy (non-hydrogen) atoms. The van der Waals surface area contributed by atoms with Crippen LogP contribution in [0.15, 0.2) is 53.3 Å². The highest BCUT2D eigenvalue weighted by Crippen LogP contribution is 2.26. The van der Waals surface area contributed by atoms with Crippen molar-refractivity contribution in [3.05, 3.63) is 48.9 Å². The lowest BCUT2D eigenvalue weighted by molar-refractivity contribution is 0.582. The Bertz CT molecular complexity index is 629. The van der Waals surface area contributed by atoms with Gasteiger partial charge in [-0.05, 0) is 24.3 Å². The third-order valence-corrected chi connectivity index (χ3v) is 2.58. The van der Waals surface area contributed by atoms with Crippen LogP contribution in [-0.2, 0) is 0 Å². The standard InChI is InChI=1S/C13H10N2O/c14-11-5-6-15-12-8-9(3-4-10(11)12)13-2-1-7-16-13/h1-8H,(H2,14,15). The molecule has 2 heterocycles. The number of pyridine rings is 1. The van der Waals surface area contributed by atoms with E-state index in [2.05, 4.69) is 4.98 Å². The van der Waals surface area contributed by atoms with E-state index in [0.717, 1.165) is 27.9 Å². The highest BCUT2D eigenvalue weighted by atomic mass is 16.3. The number of hydrogen-bond donors (Lipinski definition) is 1. The van der Waals surface area contributed by atoms with Gasteiger partial charge in [-0.15, -0.1) is 0 Å². The van der Waals surface area contributed by atoms with Crippen molar-refractivity contribution in [3.63, 3.8) is 0 Å². The quantitative estimate of drug-likeness (QED) is 0.671. The highest BCUT2D eigenvalue weighted by Gasteiger charge is 2.03. The monoisotopic (exact) mass is 210 g/mol. The Morgan fingerprint density at radius 2 is 2.06 bits per heavy atom. The third-order valence-electron chi connectivity index (χ3n) is 2.58. The molecule has 78 valence electrons. The number of nitrogen functional groups attached to an aromatic ring is 1. The van der Waals surface area contributed by atoms with Gasteiger partial charge in [0.15, 0.2) is 0 Å². The molecule has 0 bridgehead atoms. The SMILES string of the molecule is Nc1ccnc2cc(-c3ccco3)ccc12. The Morgan fingerprint density at radius 3 is 2.88 bits per heavy atom. The van der Waals surface area contributed by atoms with Crippen molar-refractivity contribution in [2.45, 2.75) is 0 Å². The summed E-state index contributed by atoms with van der Waals surface area (Å²) in [5, 5.41) is 0.970. The Labute approximate surface area is 92.5 Å². The first kappa shape index (κ1) is 8.97. The van der Waals surface area contributed by atoms with Crippen molar-refractivity contribution >= 4 is 16.6 Å². The average molecular weight is 210 g/mol. The van der Waals surface area contributed by atoms with Gasteiger partial charge in [-0.2, -0.15) is 0 Å². The van der Waals surface area contributed by atoms with Crippen LogP contribution in [-0.4, -0.2) is 4.98 Å². The number of aromatic nitrogens is 1. The molecule has 0 unspecified atom stereocenters. The molecule has 0 saturated heterocycles. The number of nitrogens with zero attached hydrogens (tertiary/aromatic N) is 1. The summed E-state index contributed by atoms with van der Waals surface area (Å²) in [4.78, 5) is 4.29.